The number of rotatable bonds is 5. The summed E-state index contributed by atoms with van der Waals surface area (Å²) in [5.74, 6) is 2.66. The average Bonchev–Trinajstić information content (AvgIpc) is 2.78. The lowest BCUT2D eigenvalue weighted by Gasteiger charge is -2.24. The fraction of sp³-hybridized carbons (Fsp3) is 0.923. The lowest BCUT2D eigenvalue weighted by Crippen LogP contribution is -2.38. The smallest absolute Gasteiger partial charge is 0.226 e. The second-order valence-electron chi connectivity index (χ2n) is 5.50. The molecule has 0 aromatic heterocycles. The molecule has 2 N–H and O–H groups in total. The molecule has 16 heavy (non-hydrogen) atoms. The van der Waals surface area contributed by atoms with Crippen molar-refractivity contribution in [2.24, 2.45) is 29.4 Å². The van der Waals surface area contributed by atoms with Gasteiger partial charge in [0.25, 0.3) is 0 Å². The van der Waals surface area contributed by atoms with Crippen LogP contribution in [0.1, 0.15) is 33.1 Å². The van der Waals surface area contributed by atoms with E-state index in [-0.39, 0.29) is 0 Å². The van der Waals surface area contributed by atoms with Crippen LogP contribution in [0.3, 0.4) is 0 Å². The van der Waals surface area contributed by atoms with E-state index in [9.17, 15) is 4.79 Å². The van der Waals surface area contributed by atoms with E-state index >= 15 is 0 Å². The fourth-order valence-corrected chi connectivity index (χ4v) is 3.22. The van der Waals surface area contributed by atoms with Crippen molar-refractivity contribution in [3.63, 3.8) is 0 Å². The zero-order chi connectivity index (χ0) is 11.7. The Morgan fingerprint density at radius 2 is 2.06 bits per heavy atom. The number of hydrogen-bond donors (Lipinski definition) is 1. The largest absolute Gasteiger partial charge is 0.342 e. The molecule has 0 aromatic rings. The maximum Gasteiger partial charge on any atom is 0.226 e. The molecule has 3 atom stereocenters. The first-order valence-electron chi connectivity index (χ1n) is 6.67. The number of carbonyl (C=O) groups is 1. The molecule has 2 saturated carbocycles. The summed E-state index contributed by atoms with van der Waals surface area (Å²) in [6, 6.07) is 0. The zero-order valence-corrected chi connectivity index (χ0v) is 10.5. The summed E-state index contributed by atoms with van der Waals surface area (Å²) in [6.45, 7) is 6.52. The third kappa shape index (κ3) is 2.10. The molecule has 3 nitrogen and oxygen atoms in total. The van der Waals surface area contributed by atoms with Crippen molar-refractivity contribution in [1.82, 2.24) is 4.90 Å². The number of amides is 1. The van der Waals surface area contributed by atoms with Crippen molar-refractivity contribution in [1.29, 1.82) is 0 Å². The topological polar surface area (TPSA) is 46.3 Å². The van der Waals surface area contributed by atoms with Crippen LogP contribution < -0.4 is 5.73 Å². The molecule has 0 saturated heterocycles. The highest BCUT2D eigenvalue weighted by Gasteiger charge is 2.57. The maximum atomic E-state index is 12.3. The molecule has 1 amide bonds. The van der Waals surface area contributed by atoms with Crippen LogP contribution in [0, 0.1) is 23.7 Å². The highest BCUT2D eigenvalue weighted by molar-refractivity contribution is 5.82. The van der Waals surface area contributed by atoms with Gasteiger partial charge < -0.3 is 10.6 Å². The molecule has 2 aliphatic carbocycles. The molecule has 3 heteroatoms. The summed E-state index contributed by atoms with van der Waals surface area (Å²) in [5.41, 5.74) is 5.62. The Bertz CT molecular complexity index is 257. The fourth-order valence-electron chi connectivity index (χ4n) is 3.22. The van der Waals surface area contributed by atoms with Gasteiger partial charge in [0.15, 0.2) is 0 Å². The Hall–Kier alpha value is -0.570. The van der Waals surface area contributed by atoms with E-state index in [1.54, 1.807) is 0 Å². The lowest BCUT2D eigenvalue weighted by atomic mass is 10.1. The molecule has 92 valence electrons. The maximum absolute atomic E-state index is 12.3. The van der Waals surface area contributed by atoms with Crippen molar-refractivity contribution in [3.05, 3.63) is 0 Å². The monoisotopic (exact) mass is 224 g/mol. The molecule has 3 unspecified atom stereocenters. The van der Waals surface area contributed by atoms with Gasteiger partial charge in [0.05, 0.1) is 0 Å². The average molecular weight is 224 g/mol. The van der Waals surface area contributed by atoms with Crippen LogP contribution in [-0.2, 0) is 4.79 Å². The molecule has 0 aromatic carbocycles. The van der Waals surface area contributed by atoms with Crippen molar-refractivity contribution < 1.29 is 4.79 Å². The number of nitrogens with zero attached hydrogens (tertiary/aromatic N) is 1. The number of carbonyl (C=O) groups excluding carboxylic acids is 1. The molecule has 0 radical (unpaired) electrons. The summed E-state index contributed by atoms with van der Waals surface area (Å²) >= 11 is 0. The van der Waals surface area contributed by atoms with Gasteiger partial charge in [0.2, 0.25) is 5.91 Å². The molecule has 0 spiro atoms. The third-order valence-electron chi connectivity index (χ3n) is 4.32. The van der Waals surface area contributed by atoms with Crippen molar-refractivity contribution >= 4 is 5.91 Å². The standard InChI is InChI=1S/C13H24N2O/c1-3-15(8-9(2)7-14)13(16)12-10-5-4-6-11(10)12/h9-12H,3-8,14H2,1-2H3. The molecule has 2 aliphatic rings. The van der Waals surface area contributed by atoms with Crippen LogP contribution >= 0.6 is 0 Å². The normalized spacial score (nSPS) is 33.3. The third-order valence-corrected chi connectivity index (χ3v) is 4.32. The summed E-state index contributed by atoms with van der Waals surface area (Å²) < 4.78 is 0. The molecular formula is C13H24N2O. The Morgan fingerprint density at radius 1 is 1.44 bits per heavy atom. The van der Waals surface area contributed by atoms with E-state index in [0.29, 0.717) is 24.3 Å². The molecule has 0 heterocycles. The van der Waals surface area contributed by atoms with Crippen LogP contribution in [0.5, 0.6) is 0 Å². The van der Waals surface area contributed by atoms with Gasteiger partial charge in [-0.25, -0.2) is 0 Å². The lowest BCUT2D eigenvalue weighted by molar-refractivity contribution is -0.133. The quantitative estimate of drug-likeness (QED) is 0.769. The SMILES string of the molecule is CCN(CC(C)CN)C(=O)C1C2CCCC21. The Balaban J connectivity index is 1.87. The van der Waals surface area contributed by atoms with Gasteiger partial charge in [-0.2, -0.15) is 0 Å². The first-order chi connectivity index (χ1) is 7.69. The number of fused-ring (bicyclic) bond motifs is 1. The highest BCUT2D eigenvalue weighted by Crippen LogP contribution is 2.58. The second-order valence-corrected chi connectivity index (χ2v) is 5.50. The zero-order valence-electron chi connectivity index (χ0n) is 10.5. The van der Waals surface area contributed by atoms with Gasteiger partial charge in [0.1, 0.15) is 0 Å². The van der Waals surface area contributed by atoms with E-state index in [1.807, 2.05) is 4.90 Å². The Labute approximate surface area is 98.4 Å². The van der Waals surface area contributed by atoms with Gasteiger partial charge in [-0.3, -0.25) is 4.79 Å². The van der Waals surface area contributed by atoms with E-state index in [1.165, 1.54) is 19.3 Å². The second kappa shape index (κ2) is 4.74. The van der Waals surface area contributed by atoms with E-state index in [4.69, 9.17) is 5.73 Å². The highest BCUT2D eigenvalue weighted by atomic mass is 16.2. The van der Waals surface area contributed by atoms with Crippen molar-refractivity contribution in [3.8, 4) is 0 Å². The summed E-state index contributed by atoms with van der Waals surface area (Å²) in [5, 5.41) is 0. The van der Waals surface area contributed by atoms with E-state index in [2.05, 4.69) is 13.8 Å². The molecular weight excluding hydrogens is 200 g/mol. The predicted octanol–water partition coefficient (Wildman–Crippen LogP) is 1.48. The van der Waals surface area contributed by atoms with Crippen LogP contribution in [0.25, 0.3) is 0 Å². The predicted molar refractivity (Wildman–Crippen MR) is 64.8 cm³/mol. The van der Waals surface area contributed by atoms with E-state index in [0.717, 1.165) is 24.9 Å². The van der Waals surface area contributed by atoms with Gasteiger partial charge >= 0.3 is 0 Å². The number of nitrogens with two attached hydrogens (primary N) is 1. The van der Waals surface area contributed by atoms with E-state index < -0.39 is 0 Å². The molecule has 2 fully saturated rings. The van der Waals surface area contributed by atoms with Crippen LogP contribution in [0.4, 0.5) is 0 Å². The van der Waals surface area contributed by atoms with Gasteiger partial charge in [0, 0.05) is 19.0 Å². The number of hydrogen-bond acceptors (Lipinski definition) is 2. The minimum Gasteiger partial charge on any atom is -0.342 e. The van der Waals surface area contributed by atoms with Crippen molar-refractivity contribution in [2.75, 3.05) is 19.6 Å². The first kappa shape index (κ1) is 11.9. The van der Waals surface area contributed by atoms with Crippen LogP contribution in [-0.4, -0.2) is 30.4 Å². The molecule has 0 bridgehead atoms. The Kier molecular flexibility index (Phi) is 3.53. The van der Waals surface area contributed by atoms with Gasteiger partial charge in [-0.05, 0) is 44.1 Å². The van der Waals surface area contributed by atoms with Gasteiger partial charge in [-0.1, -0.05) is 13.3 Å². The minimum atomic E-state index is 0.374. The molecule has 2 rings (SSSR count). The minimum absolute atomic E-state index is 0.374. The first-order valence-corrected chi connectivity index (χ1v) is 6.67. The van der Waals surface area contributed by atoms with Crippen LogP contribution in [0.2, 0.25) is 0 Å². The van der Waals surface area contributed by atoms with Crippen LogP contribution in [0.15, 0.2) is 0 Å². The summed E-state index contributed by atoms with van der Waals surface area (Å²) in [6.07, 6.45) is 3.90. The summed E-state index contributed by atoms with van der Waals surface area (Å²) in [4.78, 5) is 14.3. The molecule has 0 aliphatic heterocycles. The summed E-state index contributed by atoms with van der Waals surface area (Å²) in [7, 11) is 0. The van der Waals surface area contributed by atoms with Crippen molar-refractivity contribution in [2.45, 2.75) is 33.1 Å². The Morgan fingerprint density at radius 3 is 2.56 bits per heavy atom. The van der Waals surface area contributed by atoms with Gasteiger partial charge in [-0.15, -0.1) is 0 Å².